The van der Waals surface area contributed by atoms with E-state index in [1.807, 2.05) is 6.20 Å². The Kier molecular flexibility index (Phi) is 5.99. The summed E-state index contributed by atoms with van der Waals surface area (Å²) in [5.41, 5.74) is 2.49. The van der Waals surface area contributed by atoms with Gasteiger partial charge in [0.15, 0.2) is 0 Å². The van der Waals surface area contributed by atoms with E-state index in [1.54, 1.807) is 0 Å². The Morgan fingerprint density at radius 3 is 2.70 bits per heavy atom. The first-order valence-electron chi connectivity index (χ1n) is 8.07. The van der Waals surface area contributed by atoms with Gasteiger partial charge in [0.1, 0.15) is 0 Å². The maximum Gasteiger partial charge on any atom is 0.0544 e. The summed E-state index contributed by atoms with van der Waals surface area (Å²) in [5, 5.41) is 3.42. The van der Waals surface area contributed by atoms with Crippen molar-refractivity contribution >= 4 is 0 Å². The molecule has 0 unspecified atom stereocenters. The summed E-state index contributed by atoms with van der Waals surface area (Å²) in [4.78, 5) is 7.23. The number of pyridine rings is 1. The monoisotopic (exact) mass is 275 g/mol. The van der Waals surface area contributed by atoms with Crippen LogP contribution < -0.4 is 5.32 Å². The maximum atomic E-state index is 4.63. The third-order valence-electron chi connectivity index (χ3n) is 3.67. The van der Waals surface area contributed by atoms with Crippen LogP contribution in [-0.4, -0.2) is 29.0 Å². The van der Waals surface area contributed by atoms with Crippen molar-refractivity contribution in [3.05, 3.63) is 29.6 Å². The number of hydrogen-bond donors (Lipinski definition) is 1. The molecule has 1 heterocycles. The number of hydrogen-bond acceptors (Lipinski definition) is 3. The van der Waals surface area contributed by atoms with Crippen molar-refractivity contribution in [1.29, 1.82) is 0 Å². The van der Waals surface area contributed by atoms with Crippen molar-refractivity contribution in [1.82, 2.24) is 15.2 Å². The van der Waals surface area contributed by atoms with Gasteiger partial charge in [-0.05, 0) is 43.4 Å². The Morgan fingerprint density at radius 1 is 1.35 bits per heavy atom. The van der Waals surface area contributed by atoms with E-state index in [0.717, 1.165) is 31.6 Å². The predicted molar refractivity (Wildman–Crippen MR) is 84.5 cm³/mol. The van der Waals surface area contributed by atoms with Gasteiger partial charge in [-0.15, -0.1) is 0 Å². The molecule has 0 bridgehead atoms. The van der Waals surface area contributed by atoms with Crippen LogP contribution in [0.3, 0.4) is 0 Å². The lowest BCUT2D eigenvalue weighted by Crippen LogP contribution is -2.29. The standard InChI is InChI=1S/C17H29N3/c1-4-9-18-10-15-5-6-16(19-11-15)13-20(12-14(2)3)17-7-8-17/h5-6,11,14,17-18H,4,7-10,12-13H2,1-3H3. The predicted octanol–water partition coefficient (Wildman–Crippen LogP) is 3.20. The van der Waals surface area contributed by atoms with Gasteiger partial charge < -0.3 is 5.32 Å². The zero-order chi connectivity index (χ0) is 14.4. The van der Waals surface area contributed by atoms with Gasteiger partial charge in [0.2, 0.25) is 0 Å². The van der Waals surface area contributed by atoms with Gasteiger partial charge in [0.25, 0.3) is 0 Å². The molecule has 0 atom stereocenters. The first-order chi connectivity index (χ1) is 9.69. The van der Waals surface area contributed by atoms with E-state index < -0.39 is 0 Å². The Balaban J connectivity index is 1.85. The third kappa shape index (κ3) is 5.22. The van der Waals surface area contributed by atoms with Crippen LogP contribution >= 0.6 is 0 Å². The largest absolute Gasteiger partial charge is 0.313 e. The van der Waals surface area contributed by atoms with E-state index in [-0.39, 0.29) is 0 Å². The second kappa shape index (κ2) is 7.75. The molecule has 3 heteroatoms. The Labute approximate surface area is 123 Å². The lowest BCUT2D eigenvalue weighted by Gasteiger charge is -2.23. The van der Waals surface area contributed by atoms with Crippen LogP contribution in [0, 0.1) is 5.92 Å². The quantitative estimate of drug-likeness (QED) is 0.702. The van der Waals surface area contributed by atoms with Gasteiger partial charge in [-0.25, -0.2) is 0 Å². The first-order valence-corrected chi connectivity index (χ1v) is 8.07. The minimum absolute atomic E-state index is 0.730. The van der Waals surface area contributed by atoms with Crippen LogP contribution in [0.2, 0.25) is 0 Å². The van der Waals surface area contributed by atoms with Gasteiger partial charge in [-0.1, -0.05) is 26.8 Å². The van der Waals surface area contributed by atoms with Crippen molar-refractivity contribution in [2.45, 2.75) is 59.2 Å². The summed E-state index contributed by atoms with van der Waals surface area (Å²) in [6.07, 6.45) is 5.94. The summed E-state index contributed by atoms with van der Waals surface area (Å²) in [5.74, 6) is 0.730. The Morgan fingerprint density at radius 2 is 2.15 bits per heavy atom. The normalized spacial score (nSPS) is 15.2. The molecule has 0 radical (unpaired) electrons. The Bertz CT molecular complexity index is 382. The highest BCUT2D eigenvalue weighted by atomic mass is 15.2. The zero-order valence-corrected chi connectivity index (χ0v) is 13.2. The highest BCUT2D eigenvalue weighted by molar-refractivity contribution is 5.14. The minimum atomic E-state index is 0.730. The van der Waals surface area contributed by atoms with Crippen LogP contribution in [-0.2, 0) is 13.1 Å². The highest BCUT2D eigenvalue weighted by Crippen LogP contribution is 2.28. The van der Waals surface area contributed by atoms with Crippen molar-refractivity contribution in [2.75, 3.05) is 13.1 Å². The first kappa shape index (κ1) is 15.5. The molecule has 0 aliphatic heterocycles. The summed E-state index contributed by atoms with van der Waals surface area (Å²) in [6, 6.07) is 5.22. The summed E-state index contributed by atoms with van der Waals surface area (Å²) in [6.45, 7) is 11.0. The van der Waals surface area contributed by atoms with Crippen molar-refractivity contribution in [2.24, 2.45) is 5.92 Å². The molecule has 2 rings (SSSR count). The minimum Gasteiger partial charge on any atom is -0.313 e. The lowest BCUT2D eigenvalue weighted by molar-refractivity contribution is 0.223. The molecule has 1 fully saturated rings. The fourth-order valence-electron chi connectivity index (χ4n) is 2.52. The summed E-state index contributed by atoms with van der Waals surface area (Å²) < 4.78 is 0. The molecule has 20 heavy (non-hydrogen) atoms. The molecular formula is C17H29N3. The smallest absolute Gasteiger partial charge is 0.0544 e. The molecule has 1 aliphatic rings. The molecule has 1 saturated carbocycles. The maximum absolute atomic E-state index is 4.63. The molecule has 0 amide bonds. The van der Waals surface area contributed by atoms with Gasteiger partial charge in [-0.3, -0.25) is 9.88 Å². The number of nitrogens with one attached hydrogen (secondary N) is 1. The van der Waals surface area contributed by atoms with Crippen LogP contribution in [0.25, 0.3) is 0 Å². The van der Waals surface area contributed by atoms with E-state index >= 15 is 0 Å². The van der Waals surface area contributed by atoms with Crippen molar-refractivity contribution < 1.29 is 0 Å². The molecule has 1 aromatic rings. The van der Waals surface area contributed by atoms with Crippen LogP contribution in [0.4, 0.5) is 0 Å². The second-order valence-electron chi connectivity index (χ2n) is 6.39. The third-order valence-corrected chi connectivity index (χ3v) is 3.67. The van der Waals surface area contributed by atoms with Crippen molar-refractivity contribution in [3.8, 4) is 0 Å². The van der Waals surface area contributed by atoms with Gasteiger partial charge in [0, 0.05) is 31.9 Å². The lowest BCUT2D eigenvalue weighted by atomic mass is 10.2. The fraction of sp³-hybridized carbons (Fsp3) is 0.706. The molecule has 1 aliphatic carbocycles. The molecule has 1 aromatic heterocycles. The van der Waals surface area contributed by atoms with Gasteiger partial charge in [-0.2, -0.15) is 0 Å². The summed E-state index contributed by atoms with van der Waals surface area (Å²) >= 11 is 0. The van der Waals surface area contributed by atoms with E-state index in [4.69, 9.17) is 0 Å². The molecule has 0 saturated heterocycles. The van der Waals surface area contributed by atoms with E-state index in [1.165, 1.54) is 37.1 Å². The van der Waals surface area contributed by atoms with E-state index in [0.29, 0.717) is 0 Å². The highest BCUT2D eigenvalue weighted by Gasteiger charge is 2.29. The topological polar surface area (TPSA) is 28.2 Å². The molecule has 1 N–H and O–H groups in total. The van der Waals surface area contributed by atoms with Crippen LogP contribution in [0.1, 0.15) is 51.3 Å². The molecule has 112 valence electrons. The molecule has 0 spiro atoms. The van der Waals surface area contributed by atoms with Gasteiger partial charge >= 0.3 is 0 Å². The van der Waals surface area contributed by atoms with Crippen molar-refractivity contribution in [3.63, 3.8) is 0 Å². The fourth-order valence-corrected chi connectivity index (χ4v) is 2.52. The van der Waals surface area contributed by atoms with Gasteiger partial charge in [0.05, 0.1) is 5.69 Å². The van der Waals surface area contributed by atoms with Crippen LogP contribution in [0.5, 0.6) is 0 Å². The second-order valence-corrected chi connectivity index (χ2v) is 6.39. The van der Waals surface area contributed by atoms with E-state index in [9.17, 15) is 0 Å². The number of rotatable bonds is 9. The van der Waals surface area contributed by atoms with Crippen LogP contribution in [0.15, 0.2) is 18.3 Å². The number of aromatic nitrogens is 1. The SMILES string of the molecule is CCCNCc1ccc(CN(CC(C)C)C2CC2)nc1. The summed E-state index contributed by atoms with van der Waals surface area (Å²) in [7, 11) is 0. The zero-order valence-electron chi connectivity index (χ0n) is 13.2. The molecule has 3 nitrogen and oxygen atoms in total. The average molecular weight is 275 g/mol. The number of nitrogens with zero attached hydrogens (tertiary/aromatic N) is 2. The Hall–Kier alpha value is -0.930. The van der Waals surface area contributed by atoms with E-state index in [2.05, 4.69) is 48.1 Å². The molecule has 0 aromatic carbocycles. The average Bonchev–Trinajstić information content (AvgIpc) is 3.24. The molecular weight excluding hydrogens is 246 g/mol.